The Morgan fingerprint density at radius 1 is 0.800 bits per heavy atom. The maximum Gasteiger partial charge on any atom is 0.341 e. The molecule has 0 aromatic heterocycles. The molecule has 4 aromatic carbocycles. The van der Waals surface area contributed by atoms with Crippen molar-refractivity contribution in [3.05, 3.63) is 83.9 Å². The van der Waals surface area contributed by atoms with Gasteiger partial charge in [0, 0.05) is 0 Å². The summed E-state index contributed by atoms with van der Waals surface area (Å²) in [6.45, 7) is 3.85. The van der Waals surface area contributed by atoms with Gasteiger partial charge in [0.05, 0.1) is 6.61 Å². The molecule has 0 radical (unpaired) electrons. The SMILES string of the molecule is CCOC(=O)c1cc(-c2cccc3c(-c4ccc(O)c(C)c4)cccc23)ccc1O. The number of phenols is 2. The number of ether oxygens (including phenoxy) is 1. The Bertz CT molecular complexity index is 1260. The van der Waals surface area contributed by atoms with Crippen LogP contribution >= 0.6 is 0 Å². The van der Waals surface area contributed by atoms with Gasteiger partial charge in [-0.1, -0.05) is 48.5 Å². The molecule has 0 atom stereocenters. The maximum atomic E-state index is 12.2. The van der Waals surface area contributed by atoms with E-state index in [2.05, 4.69) is 12.1 Å². The second-order valence-electron chi connectivity index (χ2n) is 7.16. The van der Waals surface area contributed by atoms with Gasteiger partial charge in [0.25, 0.3) is 0 Å². The van der Waals surface area contributed by atoms with Crippen molar-refractivity contribution in [2.45, 2.75) is 13.8 Å². The smallest absolute Gasteiger partial charge is 0.341 e. The molecule has 30 heavy (non-hydrogen) atoms. The van der Waals surface area contributed by atoms with Gasteiger partial charge >= 0.3 is 5.97 Å². The fraction of sp³-hybridized carbons (Fsp3) is 0.115. The highest BCUT2D eigenvalue weighted by molar-refractivity contribution is 6.05. The molecule has 4 heteroatoms. The minimum atomic E-state index is -0.544. The summed E-state index contributed by atoms with van der Waals surface area (Å²) >= 11 is 0. The second kappa shape index (κ2) is 7.91. The van der Waals surface area contributed by atoms with Crippen LogP contribution in [0, 0.1) is 6.92 Å². The van der Waals surface area contributed by atoms with Gasteiger partial charge in [-0.05, 0) is 76.7 Å². The zero-order chi connectivity index (χ0) is 21.3. The van der Waals surface area contributed by atoms with E-state index in [1.807, 2.05) is 43.3 Å². The summed E-state index contributed by atoms with van der Waals surface area (Å²) < 4.78 is 5.07. The molecule has 0 saturated carbocycles. The van der Waals surface area contributed by atoms with Gasteiger partial charge in [-0.15, -0.1) is 0 Å². The van der Waals surface area contributed by atoms with Crippen molar-refractivity contribution in [3.8, 4) is 33.8 Å². The van der Waals surface area contributed by atoms with Crippen molar-refractivity contribution in [1.29, 1.82) is 0 Å². The molecule has 0 bridgehead atoms. The van der Waals surface area contributed by atoms with Crippen molar-refractivity contribution >= 4 is 16.7 Å². The van der Waals surface area contributed by atoms with Crippen LogP contribution in [0.15, 0.2) is 72.8 Å². The molecule has 0 amide bonds. The maximum absolute atomic E-state index is 12.2. The third-order valence-electron chi connectivity index (χ3n) is 5.23. The molecule has 0 aliphatic rings. The lowest BCUT2D eigenvalue weighted by atomic mass is 9.92. The van der Waals surface area contributed by atoms with E-state index in [1.54, 1.807) is 25.1 Å². The molecule has 4 rings (SSSR count). The molecule has 0 spiro atoms. The number of benzene rings is 4. The largest absolute Gasteiger partial charge is 0.508 e. The summed E-state index contributed by atoms with van der Waals surface area (Å²) in [5, 5.41) is 22.1. The van der Waals surface area contributed by atoms with Crippen LogP contribution in [0.4, 0.5) is 0 Å². The molecular formula is C26H22O4. The summed E-state index contributed by atoms with van der Waals surface area (Å²) in [4.78, 5) is 12.2. The van der Waals surface area contributed by atoms with Gasteiger partial charge in [-0.25, -0.2) is 4.79 Å². The van der Waals surface area contributed by atoms with Gasteiger partial charge in [-0.2, -0.15) is 0 Å². The Labute approximate surface area is 175 Å². The van der Waals surface area contributed by atoms with E-state index in [1.165, 1.54) is 6.07 Å². The number of aryl methyl sites for hydroxylation is 1. The van der Waals surface area contributed by atoms with Crippen LogP contribution in [0.3, 0.4) is 0 Å². The Morgan fingerprint density at radius 2 is 1.37 bits per heavy atom. The zero-order valence-corrected chi connectivity index (χ0v) is 16.8. The fourth-order valence-electron chi connectivity index (χ4n) is 3.71. The summed E-state index contributed by atoms with van der Waals surface area (Å²) in [5.41, 5.74) is 4.82. The monoisotopic (exact) mass is 398 g/mol. The van der Waals surface area contributed by atoms with E-state index in [4.69, 9.17) is 4.74 Å². The number of hydrogen-bond donors (Lipinski definition) is 2. The fourth-order valence-corrected chi connectivity index (χ4v) is 3.71. The van der Waals surface area contributed by atoms with Crippen LogP contribution in [0.1, 0.15) is 22.8 Å². The predicted molar refractivity (Wildman–Crippen MR) is 119 cm³/mol. The molecule has 0 unspecified atom stereocenters. The first-order chi connectivity index (χ1) is 14.5. The molecule has 0 aliphatic heterocycles. The lowest BCUT2D eigenvalue weighted by molar-refractivity contribution is 0.0523. The Kier molecular flexibility index (Phi) is 5.15. The van der Waals surface area contributed by atoms with E-state index >= 15 is 0 Å². The first-order valence-electron chi connectivity index (χ1n) is 9.82. The molecule has 0 saturated heterocycles. The quantitative estimate of drug-likeness (QED) is 0.410. The van der Waals surface area contributed by atoms with Gasteiger partial charge < -0.3 is 14.9 Å². The van der Waals surface area contributed by atoms with E-state index < -0.39 is 5.97 Å². The number of carbonyl (C=O) groups excluding carboxylic acids is 1. The molecule has 0 fully saturated rings. The van der Waals surface area contributed by atoms with Crippen LogP contribution < -0.4 is 0 Å². The van der Waals surface area contributed by atoms with Crippen molar-refractivity contribution in [1.82, 2.24) is 0 Å². The summed E-state index contributed by atoms with van der Waals surface area (Å²) in [7, 11) is 0. The Balaban J connectivity index is 1.89. The first kappa shape index (κ1) is 19.5. The normalized spacial score (nSPS) is 10.9. The van der Waals surface area contributed by atoms with E-state index in [-0.39, 0.29) is 23.7 Å². The average Bonchev–Trinajstić information content (AvgIpc) is 2.75. The number of carbonyl (C=O) groups is 1. The lowest BCUT2D eigenvalue weighted by Gasteiger charge is -2.13. The summed E-state index contributed by atoms with van der Waals surface area (Å²) in [6.07, 6.45) is 0. The first-order valence-corrected chi connectivity index (χ1v) is 9.82. The highest BCUT2D eigenvalue weighted by atomic mass is 16.5. The van der Waals surface area contributed by atoms with Crippen LogP contribution in [-0.4, -0.2) is 22.8 Å². The number of fused-ring (bicyclic) bond motifs is 1. The van der Waals surface area contributed by atoms with Gasteiger partial charge in [0.1, 0.15) is 17.1 Å². The van der Waals surface area contributed by atoms with Crippen molar-refractivity contribution in [3.63, 3.8) is 0 Å². The molecule has 2 N–H and O–H groups in total. The molecule has 150 valence electrons. The van der Waals surface area contributed by atoms with Gasteiger partial charge in [-0.3, -0.25) is 0 Å². The van der Waals surface area contributed by atoms with Crippen LogP contribution in [0.25, 0.3) is 33.0 Å². The Morgan fingerprint density at radius 3 is 1.93 bits per heavy atom. The predicted octanol–water partition coefficient (Wildman–Crippen LogP) is 6.07. The van der Waals surface area contributed by atoms with Crippen molar-refractivity contribution < 1.29 is 19.7 Å². The third-order valence-corrected chi connectivity index (χ3v) is 5.23. The van der Waals surface area contributed by atoms with E-state index in [9.17, 15) is 15.0 Å². The number of hydrogen-bond acceptors (Lipinski definition) is 4. The van der Waals surface area contributed by atoms with Gasteiger partial charge in [0.2, 0.25) is 0 Å². The van der Waals surface area contributed by atoms with Crippen LogP contribution in [0.5, 0.6) is 11.5 Å². The molecular weight excluding hydrogens is 376 g/mol. The second-order valence-corrected chi connectivity index (χ2v) is 7.16. The standard InChI is InChI=1S/C26H22O4/c1-3-30-26(29)23-15-18(11-13-25(23)28)20-7-5-8-21-19(6-4-9-22(20)21)17-10-12-24(27)16(2)14-17/h4-15,27-28H,3H2,1-2H3. The van der Waals surface area contributed by atoms with Crippen molar-refractivity contribution in [2.75, 3.05) is 6.61 Å². The minimum Gasteiger partial charge on any atom is -0.508 e. The van der Waals surface area contributed by atoms with Gasteiger partial charge in [0.15, 0.2) is 0 Å². The topological polar surface area (TPSA) is 66.8 Å². The number of phenolic OH excluding ortho intramolecular Hbond substituents is 2. The molecule has 0 aliphatic carbocycles. The van der Waals surface area contributed by atoms with Crippen LogP contribution in [-0.2, 0) is 4.74 Å². The van der Waals surface area contributed by atoms with Crippen LogP contribution in [0.2, 0.25) is 0 Å². The number of aromatic hydroxyl groups is 2. The zero-order valence-electron chi connectivity index (χ0n) is 16.8. The molecule has 0 heterocycles. The average molecular weight is 398 g/mol. The molecule has 4 nitrogen and oxygen atoms in total. The highest BCUT2D eigenvalue weighted by Crippen LogP contribution is 2.37. The summed E-state index contributed by atoms with van der Waals surface area (Å²) in [5.74, 6) is -0.370. The van der Waals surface area contributed by atoms with E-state index in [0.29, 0.717) is 0 Å². The number of esters is 1. The van der Waals surface area contributed by atoms with E-state index in [0.717, 1.165) is 38.6 Å². The highest BCUT2D eigenvalue weighted by Gasteiger charge is 2.15. The van der Waals surface area contributed by atoms with Crippen molar-refractivity contribution in [2.24, 2.45) is 0 Å². The third kappa shape index (κ3) is 3.48. The molecule has 4 aromatic rings. The Hall–Kier alpha value is -3.79. The summed E-state index contributed by atoms with van der Waals surface area (Å²) in [6, 6.07) is 22.7. The minimum absolute atomic E-state index is 0.0994. The lowest BCUT2D eigenvalue weighted by Crippen LogP contribution is -2.05. The number of rotatable bonds is 4.